The van der Waals surface area contributed by atoms with Crippen molar-refractivity contribution in [2.45, 2.75) is 6.42 Å². The Morgan fingerprint density at radius 2 is 2.00 bits per heavy atom. The largest absolute Gasteiger partial charge is 0.497 e. The van der Waals surface area contributed by atoms with E-state index in [2.05, 4.69) is 4.98 Å². The van der Waals surface area contributed by atoms with Gasteiger partial charge in [-0.05, 0) is 23.8 Å². The van der Waals surface area contributed by atoms with Crippen LogP contribution in [-0.2, 0) is 6.42 Å². The Balaban J connectivity index is 1.90. The van der Waals surface area contributed by atoms with Crippen molar-refractivity contribution in [3.63, 3.8) is 0 Å². The number of hydrogen-bond acceptors (Lipinski definition) is 2. The Kier molecular flexibility index (Phi) is 3.13. The van der Waals surface area contributed by atoms with Crippen LogP contribution in [0, 0.1) is 0 Å². The monoisotopic (exact) mass is 272 g/mol. The first-order valence-electron chi connectivity index (χ1n) is 6.01. The highest BCUT2D eigenvalue weighted by Crippen LogP contribution is 2.17. The predicted octanol–water partition coefficient (Wildman–Crippen LogP) is 3.59. The lowest BCUT2D eigenvalue weighted by Gasteiger charge is -1.98. The number of methoxy groups -OCH3 is 1. The summed E-state index contributed by atoms with van der Waals surface area (Å²) in [7, 11) is 1.66. The van der Waals surface area contributed by atoms with E-state index in [9.17, 15) is 0 Å². The van der Waals surface area contributed by atoms with Crippen LogP contribution in [0.5, 0.6) is 5.75 Å². The highest BCUT2D eigenvalue weighted by atomic mass is 35.5. The molecule has 3 aromatic rings. The first kappa shape index (κ1) is 12.1. The number of halogens is 1. The minimum absolute atomic E-state index is 0.753. The SMILES string of the molecule is COc1ccn2cc(Cc3ccc(Cl)cc3)nc2c1. The molecule has 96 valence electrons. The van der Waals surface area contributed by atoms with Gasteiger partial charge < -0.3 is 9.14 Å². The van der Waals surface area contributed by atoms with Crippen LogP contribution in [0.1, 0.15) is 11.3 Å². The zero-order chi connectivity index (χ0) is 13.2. The molecule has 0 fully saturated rings. The molecule has 0 spiro atoms. The summed E-state index contributed by atoms with van der Waals surface area (Å²) in [5.74, 6) is 0.816. The topological polar surface area (TPSA) is 26.5 Å². The number of ether oxygens (including phenoxy) is 1. The van der Waals surface area contributed by atoms with Crippen LogP contribution in [0.2, 0.25) is 5.02 Å². The van der Waals surface area contributed by atoms with E-state index < -0.39 is 0 Å². The Labute approximate surface area is 116 Å². The maximum atomic E-state index is 5.88. The molecule has 0 bridgehead atoms. The first-order valence-corrected chi connectivity index (χ1v) is 6.38. The molecule has 0 saturated heterocycles. The van der Waals surface area contributed by atoms with Crippen molar-refractivity contribution in [2.24, 2.45) is 0 Å². The second kappa shape index (κ2) is 4.94. The molecule has 0 unspecified atom stereocenters. The maximum absolute atomic E-state index is 5.88. The predicted molar refractivity (Wildman–Crippen MR) is 76.0 cm³/mol. The van der Waals surface area contributed by atoms with Crippen molar-refractivity contribution in [3.8, 4) is 5.75 Å². The summed E-state index contributed by atoms with van der Waals surface area (Å²) in [4.78, 5) is 4.59. The second-order valence-electron chi connectivity index (χ2n) is 4.37. The number of aromatic nitrogens is 2. The standard InChI is InChI=1S/C15H13ClN2O/c1-19-14-6-7-18-10-13(17-15(18)9-14)8-11-2-4-12(16)5-3-11/h2-7,9-10H,8H2,1H3. The summed E-state index contributed by atoms with van der Waals surface area (Å²) < 4.78 is 7.19. The van der Waals surface area contributed by atoms with Gasteiger partial charge >= 0.3 is 0 Å². The van der Waals surface area contributed by atoms with Gasteiger partial charge in [-0.1, -0.05) is 23.7 Å². The number of imidazole rings is 1. The summed E-state index contributed by atoms with van der Waals surface area (Å²) in [6.07, 6.45) is 4.77. The summed E-state index contributed by atoms with van der Waals surface area (Å²) in [6.45, 7) is 0. The molecular weight excluding hydrogens is 260 g/mol. The Hall–Kier alpha value is -2.00. The molecule has 0 radical (unpaired) electrons. The van der Waals surface area contributed by atoms with E-state index >= 15 is 0 Å². The minimum atomic E-state index is 0.753. The van der Waals surface area contributed by atoms with E-state index in [4.69, 9.17) is 16.3 Å². The van der Waals surface area contributed by atoms with Gasteiger partial charge in [-0.3, -0.25) is 0 Å². The molecule has 0 aliphatic rings. The lowest BCUT2D eigenvalue weighted by atomic mass is 10.1. The molecule has 2 aromatic heterocycles. The van der Waals surface area contributed by atoms with E-state index in [1.165, 1.54) is 5.56 Å². The zero-order valence-electron chi connectivity index (χ0n) is 10.5. The van der Waals surface area contributed by atoms with Crippen LogP contribution in [0.4, 0.5) is 0 Å². The molecule has 4 heteroatoms. The molecule has 2 heterocycles. The van der Waals surface area contributed by atoms with Crippen LogP contribution < -0.4 is 4.74 Å². The van der Waals surface area contributed by atoms with Crippen molar-refractivity contribution in [1.29, 1.82) is 0 Å². The molecule has 0 aliphatic carbocycles. The number of nitrogens with zero attached hydrogens (tertiary/aromatic N) is 2. The molecule has 0 saturated carbocycles. The maximum Gasteiger partial charge on any atom is 0.140 e. The fourth-order valence-electron chi connectivity index (χ4n) is 2.04. The average Bonchev–Trinajstić information content (AvgIpc) is 2.82. The van der Waals surface area contributed by atoms with Gasteiger partial charge in [0.2, 0.25) is 0 Å². The number of hydrogen-bond donors (Lipinski definition) is 0. The minimum Gasteiger partial charge on any atom is -0.497 e. The molecule has 3 nitrogen and oxygen atoms in total. The quantitative estimate of drug-likeness (QED) is 0.728. The van der Waals surface area contributed by atoms with Gasteiger partial charge in [-0.2, -0.15) is 0 Å². The van der Waals surface area contributed by atoms with E-state index in [-0.39, 0.29) is 0 Å². The first-order chi connectivity index (χ1) is 9.24. The molecule has 19 heavy (non-hydrogen) atoms. The summed E-state index contributed by atoms with van der Waals surface area (Å²) in [5.41, 5.74) is 3.11. The normalized spacial score (nSPS) is 10.8. The summed E-state index contributed by atoms with van der Waals surface area (Å²) in [5, 5.41) is 0.753. The third-order valence-corrected chi connectivity index (χ3v) is 3.27. The fourth-order valence-corrected chi connectivity index (χ4v) is 2.17. The van der Waals surface area contributed by atoms with Crippen molar-refractivity contribution < 1.29 is 4.74 Å². The van der Waals surface area contributed by atoms with Crippen molar-refractivity contribution in [3.05, 3.63) is 65.1 Å². The molecule has 3 rings (SSSR count). The molecule has 0 amide bonds. The number of benzene rings is 1. The number of rotatable bonds is 3. The molecule has 0 aliphatic heterocycles. The van der Waals surface area contributed by atoms with Gasteiger partial charge in [0.15, 0.2) is 0 Å². The smallest absolute Gasteiger partial charge is 0.140 e. The van der Waals surface area contributed by atoms with Crippen LogP contribution >= 0.6 is 11.6 Å². The van der Waals surface area contributed by atoms with Crippen LogP contribution in [0.15, 0.2) is 48.8 Å². The highest BCUT2D eigenvalue weighted by molar-refractivity contribution is 6.30. The summed E-state index contributed by atoms with van der Waals surface area (Å²) >= 11 is 5.88. The Morgan fingerprint density at radius 3 is 2.74 bits per heavy atom. The fraction of sp³-hybridized carbons (Fsp3) is 0.133. The van der Waals surface area contributed by atoms with Crippen LogP contribution in [0.25, 0.3) is 5.65 Å². The van der Waals surface area contributed by atoms with Crippen LogP contribution in [-0.4, -0.2) is 16.5 Å². The molecule has 0 atom stereocenters. The Morgan fingerprint density at radius 1 is 1.21 bits per heavy atom. The Bertz CT molecular complexity index is 704. The lowest BCUT2D eigenvalue weighted by molar-refractivity contribution is 0.414. The van der Waals surface area contributed by atoms with Gasteiger partial charge in [0, 0.05) is 29.9 Å². The van der Waals surface area contributed by atoms with Gasteiger partial charge in [-0.15, -0.1) is 0 Å². The van der Waals surface area contributed by atoms with Gasteiger partial charge in [0.05, 0.1) is 12.8 Å². The van der Waals surface area contributed by atoms with Crippen molar-refractivity contribution in [1.82, 2.24) is 9.38 Å². The van der Waals surface area contributed by atoms with E-state index in [0.29, 0.717) is 0 Å². The van der Waals surface area contributed by atoms with Crippen LogP contribution in [0.3, 0.4) is 0 Å². The summed E-state index contributed by atoms with van der Waals surface area (Å²) in [6, 6.07) is 11.7. The zero-order valence-corrected chi connectivity index (χ0v) is 11.3. The van der Waals surface area contributed by atoms with Gasteiger partial charge in [0.1, 0.15) is 11.4 Å². The number of pyridine rings is 1. The van der Waals surface area contributed by atoms with Crippen molar-refractivity contribution in [2.75, 3.05) is 7.11 Å². The van der Waals surface area contributed by atoms with E-state index in [0.717, 1.165) is 28.5 Å². The van der Waals surface area contributed by atoms with E-state index in [1.807, 2.05) is 53.2 Å². The molecular formula is C15H13ClN2O. The molecule has 1 aromatic carbocycles. The van der Waals surface area contributed by atoms with Crippen molar-refractivity contribution >= 4 is 17.2 Å². The lowest BCUT2D eigenvalue weighted by Crippen LogP contribution is -1.87. The highest BCUT2D eigenvalue weighted by Gasteiger charge is 2.04. The third kappa shape index (κ3) is 2.56. The van der Waals surface area contributed by atoms with Gasteiger partial charge in [0.25, 0.3) is 0 Å². The number of fused-ring (bicyclic) bond motifs is 1. The average molecular weight is 273 g/mol. The van der Waals surface area contributed by atoms with E-state index in [1.54, 1.807) is 7.11 Å². The third-order valence-electron chi connectivity index (χ3n) is 3.02. The van der Waals surface area contributed by atoms with Gasteiger partial charge in [-0.25, -0.2) is 4.98 Å². The molecule has 0 N–H and O–H groups in total. The second-order valence-corrected chi connectivity index (χ2v) is 4.80.